The van der Waals surface area contributed by atoms with E-state index in [0.29, 0.717) is 6.04 Å². The smallest absolute Gasteiger partial charge is 0.0387 e. The summed E-state index contributed by atoms with van der Waals surface area (Å²) in [5, 5.41) is 3.86. The van der Waals surface area contributed by atoms with Gasteiger partial charge in [0.25, 0.3) is 0 Å². The number of rotatable bonds is 3. The van der Waals surface area contributed by atoms with E-state index >= 15 is 0 Å². The van der Waals surface area contributed by atoms with Crippen molar-refractivity contribution in [3.8, 4) is 0 Å². The molecule has 3 rings (SSSR count). The fourth-order valence-electron chi connectivity index (χ4n) is 3.50. The topological polar surface area (TPSA) is 38.0 Å². The van der Waals surface area contributed by atoms with E-state index in [9.17, 15) is 0 Å². The van der Waals surface area contributed by atoms with Crippen LogP contribution in [-0.4, -0.2) is 18.1 Å². The summed E-state index contributed by atoms with van der Waals surface area (Å²) in [6, 6.07) is 9.49. The molecule has 1 aromatic rings. The first kappa shape index (κ1) is 11.2. The molecule has 0 spiro atoms. The maximum absolute atomic E-state index is 6.06. The number of nitrogens with one attached hydrogen (secondary N) is 1. The predicted molar refractivity (Wildman–Crippen MR) is 71.0 cm³/mol. The molecular formula is C15H22N2. The maximum Gasteiger partial charge on any atom is 0.0387 e. The Hall–Kier alpha value is -0.860. The van der Waals surface area contributed by atoms with Crippen molar-refractivity contribution < 1.29 is 0 Å². The van der Waals surface area contributed by atoms with E-state index in [1.54, 1.807) is 0 Å². The summed E-state index contributed by atoms with van der Waals surface area (Å²) in [5.41, 5.74) is 9.18. The van der Waals surface area contributed by atoms with Crippen molar-refractivity contribution in [2.75, 3.05) is 6.54 Å². The van der Waals surface area contributed by atoms with Crippen molar-refractivity contribution in [2.24, 2.45) is 5.73 Å². The Kier molecular flexibility index (Phi) is 2.93. The molecule has 2 aliphatic rings. The van der Waals surface area contributed by atoms with Gasteiger partial charge in [-0.05, 0) is 36.8 Å². The van der Waals surface area contributed by atoms with Crippen LogP contribution in [0.1, 0.15) is 36.8 Å². The van der Waals surface area contributed by atoms with Crippen LogP contribution in [0.4, 0.5) is 0 Å². The molecule has 17 heavy (non-hydrogen) atoms. The van der Waals surface area contributed by atoms with Gasteiger partial charge in [0.05, 0.1) is 0 Å². The maximum atomic E-state index is 6.06. The van der Waals surface area contributed by atoms with Crippen LogP contribution in [0.5, 0.6) is 0 Å². The average Bonchev–Trinajstić information content (AvgIpc) is 2.96. The number of fused-ring (bicyclic) bond motifs is 1. The molecule has 92 valence electrons. The van der Waals surface area contributed by atoms with Gasteiger partial charge in [0.1, 0.15) is 0 Å². The van der Waals surface area contributed by atoms with Gasteiger partial charge >= 0.3 is 0 Å². The molecule has 0 atom stereocenters. The highest BCUT2D eigenvalue weighted by molar-refractivity contribution is 5.36. The predicted octanol–water partition coefficient (Wildman–Crippen LogP) is 2.01. The van der Waals surface area contributed by atoms with E-state index < -0.39 is 0 Å². The molecule has 0 heterocycles. The molecule has 3 N–H and O–H groups in total. The molecule has 0 unspecified atom stereocenters. The average molecular weight is 230 g/mol. The van der Waals surface area contributed by atoms with E-state index in [-0.39, 0.29) is 5.54 Å². The summed E-state index contributed by atoms with van der Waals surface area (Å²) in [5.74, 6) is 0. The lowest BCUT2D eigenvalue weighted by Gasteiger charge is -2.32. The van der Waals surface area contributed by atoms with E-state index in [1.165, 1.54) is 36.8 Å². The van der Waals surface area contributed by atoms with E-state index in [2.05, 4.69) is 29.6 Å². The molecule has 2 heteroatoms. The molecule has 1 saturated carbocycles. The highest BCUT2D eigenvalue weighted by Gasteiger charge is 2.37. The van der Waals surface area contributed by atoms with Crippen LogP contribution in [0.15, 0.2) is 24.3 Å². The van der Waals surface area contributed by atoms with Crippen LogP contribution in [0.25, 0.3) is 0 Å². The quantitative estimate of drug-likeness (QED) is 0.833. The molecule has 0 saturated heterocycles. The minimum atomic E-state index is 0.138. The van der Waals surface area contributed by atoms with Gasteiger partial charge in [-0.3, -0.25) is 0 Å². The lowest BCUT2D eigenvalue weighted by atomic mass is 9.94. The van der Waals surface area contributed by atoms with Gasteiger partial charge < -0.3 is 11.1 Å². The summed E-state index contributed by atoms with van der Waals surface area (Å²) >= 11 is 0. The number of hydrogen-bond acceptors (Lipinski definition) is 2. The second-order valence-corrected chi connectivity index (χ2v) is 5.73. The molecule has 2 aliphatic carbocycles. The van der Waals surface area contributed by atoms with Crippen molar-refractivity contribution in [3.63, 3.8) is 0 Å². The van der Waals surface area contributed by atoms with Crippen LogP contribution in [-0.2, 0) is 12.8 Å². The normalized spacial score (nSPS) is 22.9. The zero-order valence-corrected chi connectivity index (χ0v) is 10.4. The second-order valence-electron chi connectivity index (χ2n) is 5.73. The first-order valence-corrected chi connectivity index (χ1v) is 6.86. The fraction of sp³-hybridized carbons (Fsp3) is 0.600. The minimum Gasteiger partial charge on any atom is -0.329 e. The molecule has 0 bridgehead atoms. The molecule has 0 aliphatic heterocycles. The Morgan fingerprint density at radius 1 is 1.12 bits per heavy atom. The first-order valence-electron chi connectivity index (χ1n) is 6.86. The van der Waals surface area contributed by atoms with Gasteiger partial charge in [-0.15, -0.1) is 0 Å². The van der Waals surface area contributed by atoms with Gasteiger partial charge in [0.2, 0.25) is 0 Å². The monoisotopic (exact) mass is 230 g/mol. The standard InChI is InChI=1S/C15H22N2/c16-11-15(17-14-7-3-4-8-14)9-12-5-1-2-6-13(12)10-15/h1-2,5-6,14,17H,3-4,7-11,16H2. The van der Waals surface area contributed by atoms with Crippen LogP contribution >= 0.6 is 0 Å². The number of hydrogen-bond donors (Lipinski definition) is 2. The third-order valence-electron chi connectivity index (χ3n) is 4.43. The van der Waals surface area contributed by atoms with Gasteiger partial charge in [-0.1, -0.05) is 37.1 Å². The van der Waals surface area contributed by atoms with Crippen LogP contribution in [0, 0.1) is 0 Å². The summed E-state index contributed by atoms with van der Waals surface area (Å²) in [7, 11) is 0. The zero-order chi connectivity index (χ0) is 11.7. The van der Waals surface area contributed by atoms with Gasteiger partial charge in [0.15, 0.2) is 0 Å². The van der Waals surface area contributed by atoms with Gasteiger partial charge in [-0.2, -0.15) is 0 Å². The summed E-state index contributed by atoms with van der Waals surface area (Å²) in [4.78, 5) is 0. The molecular weight excluding hydrogens is 208 g/mol. The van der Waals surface area contributed by atoms with Gasteiger partial charge in [0, 0.05) is 18.1 Å². The van der Waals surface area contributed by atoms with Crippen molar-refractivity contribution in [3.05, 3.63) is 35.4 Å². The largest absolute Gasteiger partial charge is 0.329 e. The fourth-order valence-corrected chi connectivity index (χ4v) is 3.50. The van der Waals surface area contributed by atoms with Gasteiger partial charge in [-0.25, -0.2) is 0 Å². The molecule has 0 aromatic heterocycles. The second kappa shape index (κ2) is 4.43. The van der Waals surface area contributed by atoms with E-state index in [4.69, 9.17) is 5.73 Å². The van der Waals surface area contributed by atoms with Crippen LogP contribution < -0.4 is 11.1 Å². The molecule has 0 radical (unpaired) electrons. The van der Waals surface area contributed by atoms with Crippen molar-refractivity contribution in [1.82, 2.24) is 5.32 Å². The summed E-state index contributed by atoms with van der Waals surface area (Å²) in [6.45, 7) is 0.748. The Morgan fingerprint density at radius 2 is 1.71 bits per heavy atom. The van der Waals surface area contributed by atoms with Crippen LogP contribution in [0.3, 0.4) is 0 Å². The van der Waals surface area contributed by atoms with Crippen molar-refractivity contribution in [1.29, 1.82) is 0 Å². The molecule has 0 amide bonds. The van der Waals surface area contributed by atoms with Crippen molar-refractivity contribution >= 4 is 0 Å². The Bertz CT molecular complexity index is 369. The Labute approximate surface area is 104 Å². The Balaban J connectivity index is 1.77. The van der Waals surface area contributed by atoms with E-state index in [1.807, 2.05) is 0 Å². The highest BCUT2D eigenvalue weighted by Crippen LogP contribution is 2.31. The van der Waals surface area contributed by atoms with E-state index in [0.717, 1.165) is 19.4 Å². The lowest BCUT2D eigenvalue weighted by molar-refractivity contribution is 0.303. The summed E-state index contributed by atoms with van der Waals surface area (Å²) < 4.78 is 0. The SMILES string of the molecule is NCC1(NC2CCCC2)Cc2ccccc2C1. The molecule has 1 aromatic carbocycles. The zero-order valence-electron chi connectivity index (χ0n) is 10.4. The third-order valence-corrected chi connectivity index (χ3v) is 4.43. The Morgan fingerprint density at radius 3 is 2.24 bits per heavy atom. The summed E-state index contributed by atoms with van der Waals surface area (Å²) in [6.07, 6.45) is 7.64. The van der Waals surface area contributed by atoms with Crippen molar-refractivity contribution in [2.45, 2.75) is 50.1 Å². The number of benzene rings is 1. The highest BCUT2D eigenvalue weighted by atomic mass is 15.0. The molecule has 2 nitrogen and oxygen atoms in total. The van der Waals surface area contributed by atoms with Crippen LogP contribution in [0.2, 0.25) is 0 Å². The lowest BCUT2D eigenvalue weighted by Crippen LogP contribution is -2.55. The molecule has 1 fully saturated rings. The third kappa shape index (κ3) is 2.12. The first-order chi connectivity index (χ1) is 8.31. The number of nitrogens with two attached hydrogens (primary N) is 1. The minimum absolute atomic E-state index is 0.138.